The number of hydrogen-bond acceptors (Lipinski definition) is 17. The van der Waals surface area contributed by atoms with Crippen LogP contribution in [0.5, 0.6) is 0 Å². The van der Waals surface area contributed by atoms with Crippen LogP contribution in [0.25, 0.3) is 0 Å². The number of ether oxygens (including phenoxy) is 1. The van der Waals surface area contributed by atoms with Gasteiger partial charge in [-0.1, -0.05) is 0 Å². The molecule has 0 aromatic carbocycles. The number of nitrogens with two attached hydrogens (primary N) is 1. The fraction of sp³-hybridized carbons (Fsp3) is 0.625. The lowest BCUT2D eigenvalue weighted by Gasteiger charge is -2.37. The van der Waals surface area contributed by atoms with E-state index < -0.39 is 60.3 Å². The maximum Gasteiger partial charge on any atom is 0.368 e. The molecule has 0 radical (unpaired) electrons. The van der Waals surface area contributed by atoms with Crippen LogP contribution in [0, 0.1) is 0 Å². The van der Waals surface area contributed by atoms with Crippen molar-refractivity contribution in [3.05, 3.63) is 16.7 Å². The van der Waals surface area contributed by atoms with Crippen molar-refractivity contribution < 1.29 is 61.4 Å². The normalized spacial score (nSPS) is 29.3. The number of phosphoric acid groups is 3. The summed E-state index contributed by atoms with van der Waals surface area (Å²) in [6, 6.07) is 0. The van der Waals surface area contributed by atoms with E-state index in [1.807, 2.05) is 0 Å². The quantitative estimate of drug-likeness (QED) is 0.292. The Morgan fingerprint density at radius 2 is 1.76 bits per heavy atom. The molecule has 1 aromatic heterocycles. The van der Waals surface area contributed by atoms with Gasteiger partial charge in [0.15, 0.2) is 6.23 Å². The summed E-state index contributed by atoms with van der Waals surface area (Å²) in [5, 5.41) is 23.3. The first-order chi connectivity index (χ1) is 13.1. The number of phosphoric ester groups is 1. The predicted octanol–water partition coefficient (Wildman–Crippen LogP) is -5.34. The van der Waals surface area contributed by atoms with Gasteiger partial charge in [0.05, 0.1) is 20.6 Å². The second-order valence-corrected chi connectivity index (χ2v) is 9.50. The molecular weight excluding hydrogens is 469 g/mol. The van der Waals surface area contributed by atoms with Crippen molar-refractivity contribution >= 4 is 29.3 Å². The predicted molar refractivity (Wildman–Crippen MR) is 77.6 cm³/mol. The van der Waals surface area contributed by atoms with E-state index in [-0.39, 0.29) is 5.82 Å². The number of nitrogens with zero attached hydrogens (tertiary/aromatic N) is 3. The van der Waals surface area contributed by atoms with Gasteiger partial charge in [-0.3, -0.25) is 13.4 Å². The summed E-state index contributed by atoms with van der Waals surface area (Å²) in [5.74, 6) is -0.256. The summed E-state index contributed by atoms with van der Waals surface area (Å²) in [6.45, 7) is -1.17. The van der Waals surface area contributed by atoms with Crippen molar-refractivity contribution in [1.82, 2.24) is 14.8 Å². The topological polar surface area (TPSA) is 295 Å². The monoisotopic (exact) mass is 480 g/mol. The standard InChI is InChI=1S/C8H15N4O14P3/c9-4-1-10-12(8(15)11-4)7-6(14)5(13)3(24-7)2-23-28(19,20)26-29(21,22)25-27(16,17)18/h1,3,5-7,13-14H,2H2,(H,19,20)(H,21,22)(H2,9,11,15)(H2,16,17,18)/p-4. The molecule has 0 aliphatic carbocycles. The SMILES string of the molecule is Nc1cnn(C2OC(COP(=O)([O-])OP(=O)([O-])OP(=O)([O-])[O-])C(O)C2O)c(=O)n1. The highest BCUT2D eigenvalue weighted by Crippen LogP contribution is 2.60. The number of aliphatic hydroxyl groups is 2. The minimum atomic E-state index is -6.16. The Bertz CT molecular complexity index is 947. The van der Waals surface area contributed by atoms with Gasteiger partial charge in [-0.15, -0.1) is 0 Å². The Kier molecular flexibility index (Phi) is 7.14. The lowest BCUT2D eigenvalue weighted by atomic mass is 10.1. The number of hydrogen-bond donors (Lipinski definition) is 3. The van der Waals surface area contributed by atoms with Crippen LogP contribution in [0.2, 0.25) is 0 Å². The third kappa shape index (κ3) is 6.70. The van der Waals surface area contributed by atoms with E-state index in [4.69, 9.17) is 10.5 Å². The van der Waals surface area contributed by atoms with Gasteiger partial charge in [-0.05, 0) is 0 Å². The number of rotatable bonds is 8. The summed E-state index contributed by atoms with van der Waals surface area (Å²) >= 11 is 0. The van der Waals surface area contributed by atoms with E-state index in [1.54, 1.807) is 0 Å². The summed E-state index contributed by atoms with van der Waals surface area (Å²) < 4.78 is 48.7. The minimum Gasteiger partial charge on any atom is -0.790 e. The molecule has 1 aliphatic heterocycles. The molecule has 2 rings (SSSR count). The maximum atomic E-state index is 11.7. The molecule has 1 fully saturated rings. The molecule has 0 amide bonds. The molecule has 1 aliphatic rings. The molecular formula is C8H11N4O14P3-4. The van der Waals surface area contributed by atoms with E-state index in [0.717, 1.165) is 6.20 Å². The largest absolute Gasteiger partial charge is 0.790 e. The van der Waals surface area contributed by atoms with Gasteiger partial charge in [0.1, 0.15) is 24.1 Å². The Morgan fingerprint density at radius 1 is 1.14 bits per heavy atom. The van der Waals surface area contributed by atoms with Crippen LogP contribution < -0.4 is 31.0 Å². The summed E-state index contributed by atoms with van der Waals surface area (Å²) in [4.78, 5) is 58.0. The van der Waals surface area contributed by atoms with Crippen LogP contribution >= 0.6 is 23.5 Å². The van der Waals surface area contributed by atoms with Crippen molar-refractivity contribution in [3.63, 3.8) is 0 Å². The van der Waals surface area contributed by atoms with Gasteiger partial charge in [0.25, 0.3) is 15.6 Å². The van der Waals surface area contributed by atoms with Crippen molar-refractivity contribution in [2.24, 2.45) is 0 Å². The van der Waals surface area contributed by atoms with Gasteiger partial charge < -0.3 is 49.3 Å². The van der Waals surface area contributed by atoms with Crippen LogP contribution in [0.1, 0.15) is 6.23 Å². The first kappa shape index (κ1) is 24.2. The average molecular weight is 480 g/mol. The maximum absolute atomic E-state index is 11.7. The Hall–Kier alpha value is -1.10. The molecule has 6 unspecified atom stereocenters. The minimum absolute atomic E-state index is 0.256. The summed E-state index contributed by atoms with van der Waals surface area (Å²) in [7, 11) is -18.2. The van der Waals surface area contributed by atoms with Crippen LogP contribution in [0.3, 0.4) is 0 Å². The number of anilines is 1. The number of aromatic nitrogens is 3. The zero-order chi connectivity index (χ0) is 22.2. The zero-order valence-corrected chi connectivity index (χ0v) is 16.3. The summed E-state index contributed by atoms with van der Waals surface area (Å²) in [6.07, 6.45) is -6.07. The molecule has 1 aromatic rings. The fourth-order valence-corrected chi connectivity index (χ4v) is 4.92. The van der Waals surface area contributed by atoms with Crippen molar-refractivity contribution in [3.8, 4) is 0 Å². The first-order valence-electron chi connectivity index (χ1n) is 7.04. The Labute approximate surface area is 159 Å². The molecule has 0 spiro atoms. The molecule has 6 atom stereocenters. The van der Waals surface area contributed by atoms with Crippen molar-refractivity contribution in [2.75, 3.05) is 12.3 Å². The molecule has 2 heterocycles. The highest BCUT2D eigenvalue weighted by Gasteiger charge is 2.45. The third-order valence-electron chi connectivity index (χ3n) is 3.11. The molecule has 21 heteroatoms. The van der Waals surface area contributed by atoms with Crippen LogP contribution in [-0.4, -0.2) is 49.9 Å². The highest BCUT2D eigenvalue weighted by atomic mass is 31.3. The molecule has 1 saturated heterocycles. The second kappa shape index (κ2) is 8.56. The van der Waals surface area contributed by atoms with Gasteiger partial charge in [0.2, 0.25) is 0 Å². The molecule has 0 saturated carbocycles. The van der Waals surface area contributed by atoms with E-state index >= 15 is 0 Å². The van der Waals surface area contributed by atoms with Crippen LogP contribution in [0.4, 0.5) is 5.82 Å². The Balaban J connectivity index is 2.05. The van der Waals surface area contributed by atoms with Crippen molar-refractivity contribution in [1.29, 1.82) is 0 Å². The summed E-state index contributed by atoms with van der Waals surface area (Å²) in [5.41, 5.74) is 4.17. The lowest BCUT2D eigenvalue weighted by Crippen LogP contribution is -2.37. The van der Waals surface area contributed by atoms with E-state index in [1.165, 1.54) is 0 Å². The van der Waals surface area contributed by atoms with E-state index in [2.05, 4.69) is 23.2 Å². The number of aliphatic hydroxyl groups excluding tert-OH is 2. The molecule has 4 N–H and O–H groups in total. The van der Waals surface area contributed by atoms with E-state index in [0.29, 0.717) is 4.68 Å². The average Bonchev–Trinajstić information content (AvgIpc) is 2.78. The number of nitrogen functional groups attached to an aromatic ring is 1. The van der Waals surface area contributed by atoms with Gasteiger partial charge >= 0.3 is 5.69 Å². The Morgan fingerprint density at radius 3 is 2.31 bits per heavy atom. The van der Waals surface area contributed by atoms with Crippen LogP contribution in [0.15, 0.2) is 11.0 Å². The second-order valence-electron chi connectivity index (χ2n) is 5.26. The highest BCUT2D eigenvalue weighted by molar-refractivity contribution is 7.64. The van der Waals surface area contributed by atoms with Gasteiger partial charge in [0, 0.05) is 0 Å². The third-order valence-corrected chi connectivity index (χ3v) is 6.78. The van der Waals surface area contributed by atoms with Gasteiger partial charge in [-0.2, -0.15) is 14.8 Å². The van der Waals surface area contributed by atoms with Crippen molar-refractivity contribution in [2.45, 2.75) is 24.5 Å². The zero-order valence-electron chi connectivity index (χ0n) is 13.6. The van der Waals surface area contributed by atoms with E-state index in [9.17, 15) is 48.3 Å². The van der Waals surface area contributed by atoms with Crippen LogP contribution in [-0.2, 0) is 31.6 Å². The fourth-order valence-electron chi connectivity index (χ4n) is 2.05. The smallest absolute Gasteiger partial charge is 0.368 e. The van der Waals surface area contributed by atoms with Gasteiger partial charge in [-0.25, -0.2) is 9.11 Å². The molecule has 166 valence electrons. The molecule has 18 nitrogen and oxygen atoms in total. The first-order valence-corrected chi connectivity index (χ1v) is 11.4. The lowest BCUT2D eigenvalue weighted by molar-refractivity contribution is -0.339. The molecule has 29 heavy (non-hydrogen) atoms. The molecule has 0 bridgehead atoms.